The fraction of sp³-hybridized carbons (Fsp3) is 0.167. The van der Waals surface area contributed by atoms with Crippen molar-refractivity contribution < 1.29 is 4.39 Å². The maximum Gasteiger partial charge on any atom is 0.126 e. The third-order valence-corrected chi connectivity index (χ3v) is 2.40. The second kappa shape index (κ2) is 4.37. The monoisotopic (exact) mass is 217 g/mol. The number of rotatable bonds is 2. The van der Waals surface area contributed by atoms with Gasteiger partial charge in [-0.2, -0.15) is 0 Å². The molecule has 0 amide bonds. The lowest BCUT2D eigenvalue weighted by molar-refractivity contribution is 0.618. The van der Waals surface area contributed by atoms with Crippen LogP contribution in [-0.4, -0.2) is 9.97 Å². The van der Waals surface area contributed by atoms with E-state index in [-0.39, 0.29) is 5.82 Å². The van der Waals surface area contributed by atoms with Crippen LogP contribution >= 0.6 is 0 Å². The smallest absolute Gasteiger partial charge is 0.126 e. The van der Waals surface area contributed by atoms with Crippen molar-refractivity contribution in [3.63, 3.8) is 0 Å². The van der Waals surface area contributed by atoms with Gasteiger partial charge >= 0.3 is 0 Å². The van der Waals surface area contributed by atoms with Crippen LogP contribution in [0.4, 0.5) is 4.39 Å². The van der Waals surface area contributed by atoms with Gasteiger partial charge in [-0.05, 0) is 30.7 Å². The Kier molecular flexibility index (Phi) is 2.92. The summed E-state index contributed by atoms with van der Waals surface area (Å²) in [5.41, 5.74) is 8.44. The molecule has 1 aromatic carbocycles. The quantitative estimate of drug-likeness (QED) is 0.837. The molecule has 2 rings (SSSR count). The maximum atomic E-state index is 13.1. The molecule has 0 atom stereocenters. The number of halogens is 1. The number of hydrogen-bond acceptors (Lipinski definition) is 3. The lowest BCUT2D eigenvalue weighted by Gasteiger charge is -2.06. The second-order valence-corrected chi connectivity index (χ2v) is 3.52. The summed E-state index contributed by atoms with van der Waals surface area (Å²) in [7, 11) is 0. The van der Waals surface area contributed by atoms with Crippen LogP contribution in [0.25, 0.3) is 11.3 Å². The molecule has 1 aromatic heterocycles. The maximum absolute atomic E-state index is 13.1. The van der Waals surface area contributed by atoms with Gasteiger partial charge in [0.05, 0.1) is 11.4 Å². The van der Waals surface area contributed by atoms with Gasteiger partial charge in [-0.25, -0.2) is 4.39 Å². The van der Waals surface area contributed by atoms with Gasteiger partial charge in [0, 0.05) is 24.5 Å². The minimum Gasteiger partial charge on any atom is -0.325 e. The Hall–Kier alpha value is -1.81. The van der Waals surface area contributed by atoms with E-state index < -0.39 is 0 Å². The lowest BCUT2D eigenvalue weighted by atomic mass is 10.1. The highest BCUT2D eigenvalue weighted by Crippen LogP contribution is 2.21. The Labute approximate surface area is 93.2 Å². The van der Waals surface area contributed by atoms with Crippen LogP contribution in [0.2, 0.25) is 0 Å². The van der Waals surface area contributed by atoms with E-state index in [1.165, 1.54) is 6.07 Å². The zero-order chi connectivity index (χ0) is 11.5. The number of nitrogens with two attached hydrogens (primary N) is 1. The van der Waals surface area contributed by atoms with E-state index in [1.807, 2.05) is 0 Å². The van der Waals surface area contributed by atoms with Crippen molar-refractivity contribution in [3.8, 4) is 11.3 Å². The molecule has 16 heavy (non-hydrogen) atoms. The van der Waals surface area contributed by atoms with Crippen LogP contribution in [0.3, 0.4) is 0 Å². The van der Waals surface area contributed by atoms with Crippen LogP contribution in [0.5, 0.6) is 0 Å². The Balaban J connectivity index is 2.54. The predicted octanol–water partition coefficient (Wildman–Crippen LogP) is 2.05. The van der Waals surface area contributed by atoms with E-state index in [0.29, 0.717) is 23.5 Å². The third-order valence-electron chi connectivity index (χ3n) is 2.40. The van der Waals surface area contributed by atoms with E-state index >= 15 is 0 Å². The predicted molar refractivity (Wildman–Crippen MR) is 60.1 cm³/mol. The minimum absolute atomic E-state index is 0.220. The summed E-state index contributed by atoms with van der Waals surface area (Å²) in [5, 5.41) is 0. The summed E-state index contributed by atoms with van der Waals surface area (Å²) in [5.74, 6) is -0.220. The molecule has 4 heteroatoms. The Morgan fingerprint density at radius 2 is 2.00 bits per heavy atom. The molecule has 0 aliphatic carbocycles. The van der Waals surface area contributed by atoms with E-state index in [0.717, 1.165) is 5.56 Å². The van der Waals surface area contributed by atoms with E-state index in [2.05, 4.69) is 9.97 Å². The largest absolute Gasteiger partial charge is 0.325 e. The molecular weight excluding hydrogens is 205 g/mol. The molecule has 1 heterocycles. The van der Waals surface area contributed by atoms with Crippen molar-refractivity contribution in [1.29, 1.82) is 0 Å². The van der Waals surface area contributed by atoms with E-state index in [9.17, 15) is 4.39 Å². The Morgan fingerprint density at radius 1 is 1.25 bits per heavy atom. The summed E-state index contributed by atoms with van der Waals surface area (Å²) >= 11 is 0. The minimum atomic E-state index is -0.220. The summed E-state index contributed by atoms with van der Waals surface area (Å²) in [6, 6.07) is 4.86. The SMILES string of the molecule is Cc1cc(-c2nccnc2CN)ccc1F. The van der Waals surface area contributed by atoms with Crippen molar-refractivity contribution in [1.82, 2.24) is 9.97 Å². The molecule has 0 bridgehead atoms. The highest BCUT2D eigenvalue weighted by Gasteiger charge is 2.07. The first-order valence-corrected chi connectivity index (χ1v) is 4.99. The molecule has 2 N–H and O–H groups in total. The van der Waals surface area contributed by atoms with E-state index in [4.69, 9.17) is 5.73 Å². The van der Waals surface area contributed by atoms with Gasteiger partial charge in [0.1, 0.15) is 5.82 Å². The highest BCUT2D eigenvalue weighted by atomic mass is 19.1. The summed E-state index contributed by atoms with van der Waals surface area (Å²) in [4.78, 5) is 8.37. The molecule has 0 unspecified atom stereocenters. The summed E-state index contributed by atoms with van der Waals surface area (Å²) < 4.78 is 13.1. The number of aromatic nitrogens is 2. The first-order valence-electron chi connectivity index (χ1n) is 4.99. The van der Waals surface area contributed by atoms with Gasteiger partial charge in [-0.3, -0.25) is 9.97 Å². The summed E-state index contributed by atoms with van der Waals surface area (Å²) in [6.45, 7) is 2.04. The number of hydrogen-bond donors (Lipinski definition) is 1. The zero-order valence-corrected chi connectivity index (χ0v) is 8.94. The number of benzene rings is 1. The van der Waals surface area contributed by atoms with Crippen LogP contribution in [0.1, 0.15) is 11.3 Å². The topological polar surface area (TPSA) is 51.8 Å². The fourth-order valence-corrected chi connectivity index (χ4v) is 1.55. The van der Waals surface area contributed by atoms with Crippen LogP contribution < -0.4 is 5.73 Å². The molecule has 0 radical (unpaired) electrons. The van der Waals surface area contributed by atoms with Gasteiger partial charge in [0.2, 0.25) is 0 Å². The molecular formula is C12H12FN3. The third kappa shape index (κ3) is 1.92. The van der Waals surface area contributed by atoms with Gasteiger partial charge in [-0.15, -0.1) is 0 Å². The highest BCUT2D eigenvalue weighted by molar-refractivity contribution is 5.62. The average Bonchev–Trinajstić information content (AvgIpc) is 2.32. The lowest BCUT2D eigenvalue weighted by Crippen LogP contribution is -2.03. The Bertz CT molecular complexity index is 511. The van der Waals surface area contributed by atoms with Gasteiger partial charge in [-0.1, -0.05) is 0 Å². The van der Waals surface area contributed by atoms with Gasteiger partial charge < -0.3 is 5.73 Å². The molecule has 3 nitrogen and oxygen atoms in total. The summed E-state index contributed by atoms with van der Waals surface area (Å²) in [6.07, 6.45) is 3.20. The fourth-order valence-electron chi connectivity index (χ4n) is 1.55. The zero-order valence-electron chi connectivity index (χ0n) is 8.94. The molecule has 0 aliphatic rings. The second-order valence-electron chi connectivity index (χ2n) is 3.52. The Morgan fingerprint density at radius 3 is 2.69 bits per heavy atom. The van der Waals surface area contributed by atoms with Gasteiger partial charge in [0.25, 0.3) is 0 Å². The molecule has 0 aliphatic heterocycles. The van der Waals surface area contributed by atoms with Gasteiger partial charge in [0.15, 0.2) is 0 Å². The molecule has 0 saturated carbocycles. The van der Waals surface area contributed by atoms with Crippen molar-refractivity contribution >= 4 is 0 Å². The van der Waals surface area contributed by atoms with Crippen molar-refractivity contribution in [2.24, 2.45) is 5.73 Å². The molecule has 0 saturated heterocycles. The van der Waals surface area contributed by atoms with Crippen LogP contribution in [-0.2, 0) is 6.54 Å². The normalized spacial score (nSPS) is 10.4. The van der Waals surface area contributed by atoms with Crippen LogP contribution in [0.15, 0.2) is 30.6 Å². The molecule has 2 aromatic rings. The molecule has 0 fully saturated rings. The van der Waals surface area contributed by atoms with E-state index in [1.54, 1.807) is 31.5 Å². The molecule has 0 spiro atoms. The van der Waals surface area contributed by atoms with Crippen molar-refractivity contribution in [2.75, 3.05) is 0 Å². The standard InChI is InChI=1S/C12H12FN3/c1-8-6-9(2-3-10(8)13)12-11(7-14)15-4-5-16-12/h2-6H,7,14H2,1H3. The number of nitrogens with zero attached hydrogens (tertiary/aromatic N) is 2. The first kappa shape index (κ1) is 10.7. The average molecular weight is 217 g/mol. The first-order chi connectivity index (χ1) is 7.72. The van der Waals surface area contributed by atoms with Crippen LogP contribution in [0, 0.1) is 12.7 Å². The number of aryl methyl sites for hydroxylation is 1. The van der Waals surface area contributed by atoms with Crippen molar-refractivity contribution in [2.45, 2.75) is 13.5 Å². The van der Waals surface area contributed by atoms with Crippen molar-refractivity contribution in [3.05, 3.63) is 47.7 Å². The molecule has 82 valence electrons.